The first-order valence-corrected chi connectivity index (χ1v) is 7.48. The van der Waals surface area contributed by atoms with Crippen molar-refractivity contribution in [2.45, 2.75) is 18.9 Å². The van der Waals surface area contributed by atoms with Gasteiger partial charge in [-0.15, -0.1) is 0 Å². The minimum atomic E-state index is 0.0349. The van der Waals surface area contributed by atoms with E-state index in [1.54, 1.807) is 12.4 Å². The largest absolute Gasteiger partial charge is 0.378 e. The van der Waals surface area contributed by atoms with Gasteiger partial charge in [-0.25, -0.2) is 14.8 Å². The number of morpholine rings is 1. The molecule has 0 radical (unpaired) electrons. The van der Waals surface area contributed by atoms with Crippen molar-refractivity contribution < 1.29 is 9.53 Å². The van der Waals surface area contributed by atoms with E-state index < -0.39 is 0 Å². The predicted octanol–water partition coefficient (Wildman–Crippen LogP) is 0.487. The molecule has 7 nitrogen and oxygen atoms in total. The van der Waals surface area contributed by atoms with Crippen molar-refractivity contribution >= 4 is 12.0 Å². The molecule has 2 aliphatic rings. The maximum atomic E-state index is 12.1. The quantitative estimate of drug-likeness (QED) is 0.858. The molecule has 0 unspecified atom stereocenters. The van der Waals surface area contributed by atoms with Crippen LogP contribution in [0, 0.1) is 0 Å². The Morgan fingerprint density at radius 2 is 1.81 bits per heavy atom. The number of rotatable bonds is 2. The van der Waals surface area contributed by atoms with Gasteiger partial charge in [0, 0.05) is 44.6 Å². The second-order valence-electron chi connectivity index (χ2n) is 5.36. The van der Waals surface area contributed by atoms with Gasteiger partial charge in [-0.2, -0.15) is 0 Å². The molecule has 2 amide bonds. The van der Waals surface area contributed by atoms with E-state index in [1.165, 1.54) is 0 Å². The smallest absolute Gasteiger partial charge is 0.317 e. The third-order valence-electron chi connectivity index (χ3n) is 3.96. The Morgan fingerprint density at radius 1 is 1.14 bits per heavy atom. The molecule has 0 bridgehead atoms. The summed E-state index contributed by atoms with van der Waals surface area (Å²) in [6.07, 6.45) is 5.37. The number of aromatic nitrogens is 2. The average molecular weight is 291 g/mol. The van der Waals surface area contributed by atoms with E-state index in [0.29, 0.717) is 26.3 Å². The van der Waals surface area contributed by atoms with Crippen LogP contribution in [0.15, 0.2) is 18.5 Å². The average Bonchev–Trinajstić information content (AvgIpc) is 2.57. The van der Waals surface area contributed by atoms with Crippen molar-refractivity contribution in [1.29, 1.82) is 0 Å². The number of piperidine rings is 1. The second kappa shape index (κ2) is 6.71. The van der Waals surface area contributed by atoms with Crippen LogP contribution in [0.2, 0.25) is 0 Å². The summed E-state index contributed by atoms with van der Waals surface area (Å²) in [4.78, 5) is 24.7. The lowest BCUT2D eigenvalue weighted by atomic mass is 10.1. The zero-order valence-electron chi connectivity index (χ0n) is 12.1. The molecule has 21 heavy (non-hydrogen) atoms. The standard InChI is InChI=1S/C14H21N5O2/c20-14(19-8-10-21-11-9-19)17-12-2-6-18(7-3-12)13-15-4-1-5-16-13/h1,4-5,12H,2-3,6-11H2,(H,17,20). The molecule has 3 rings (SSSR count). The first-order valence-electron chi connectivity index (χ1n) is 7.48. The number of nitrogens with zero attached hydrogens (tertiary/aromatic N) is 4. The van der Waals surface area contributed by atoms with E-state index in [4.69, 9.17) is 4.74 Å². The Kier molecular flexibility index (Phi) is 4.49. The summed E-state index contributed by atoms with van der Waals surface area (Å²) in [7, 11) is 0. The Labute approximate surface area is 124 Å². The highest BCUT2D eigenvalue weighted by molar-refractivity contribution is 5.74. The van der Waals surface area contributed by atoms with Gasteiger partial charge in [0.1, 0.15) is 0 Å². The molecular weight excluding hydrogens is 270 g/mol. The Morgan fingerprint density at radius 3 is 2.48 bits per heavy atom. The van der Waals surface area contributed by atoms with Crippen LogP contribution in [0.5, 0.6) is 0 Å². The molecule has 2 fully saturated rings. The third kappa shape index (κ3) is 3.60. The number of hydrogen-bond acceptors (Lipinski definition) is 5. The number of ether oxygens (including phenoxy) is 1. The SMILES string of the molecule is O=C(NC1CCN(c2ncccn2)CC1)N1CCOCC1. The van der Waals surface area contributed by atoms with Crippen LogP contribution >= 0.6 is 0 Å². The fourth-order valence-corrected chi connectivity index (χ4v) is 2.71. The minimum Gasteiger partial charge on any atom is -0.378 e. The molecule has 7 heteroatoms. The molecule has 0 saturated carbocycles. The summed E-state index contributed by atoms with van der Waals surface area (Å²) < 4.78 is 5.26. The van der Waals surface area contributed by atoms with Gasteiger partial charge in [0.25, 0.3) is 0 Å². The van der Waals surface area contributed by atoms with Crippen molar-refractivity contribution in [3.63, 3.8) is 0 Å². The summed E-state index contributed by atoms with van der Waals surface area (Å²) in [5.74, 6) is 0.774. The molecule has 3 heterocycles. The van der Waals surface area contributed by atoms with Crippen LogP contribution in [-0.4, -0.2) is 66.3 Å². The Hall–Kier alpha value is -1.89. The van der Waals surface area contributed by atoms with Gasteiger partial charge in [0.15, 0.2) is 0 Å². The van der Waals surface area contributed by atoms with E-state index in [-0.39, 0.29) is 12.1 Å². The van der Waals surface area contributed by atoms with Gasteiger partial charge in [0.05, 0.1) is 13.2 Å². The monoisotopic (exact) mass is 291 g/mol. The van der Waals surface area contributed by atoms with Crippen LogP contribution in [0.25, 0.3) is 0 Å². The van der Waals surface area contributed by atoms with Crippen LogP contribution in [0.3, 0.4) is 0 Å². The molecule has 1 aromatic heterocycles. The number of urea groups is 1. The number of amides is 2. The minimum absolute atomic E-state index is 0.0349. The highest BCUT2D eigenvalue weighted by atomic mass is 16.5. The predicted molar refractivity (Wildman–Crippen MR) is 78.2 cm³/mol. The number of carbonyl (C=O) groups excluding carboxylic acids is 1. The number of anilines is 1. The van der Waals surface area contributed by atoms with E-state index >= 15 is 0 Å². The van der Waals surface area contributed by atoms with Gasteiger partial charge in [-0.1, -0.05) is 0 Å². The molecule has 2 saturated heterocycles. The zero-order valence-corrected chi connectivity index (χ0v) is 12.1. The van der Waals surface area contributed by atoms with Crippen molar-refractivity contribution in [3.8, 4) is 0 Å². The summed E-state index contributed by atoms with van der Waals surface area (Å²) in [5, 5.41) is 3.12. The highest BCUT2D eigenvalue weighted by Gasteiger charge is 2.24. The van der Waals surface area contributed by atoms with Gasteiger partial charge < -0.3 is 19.9 Å². The van der Waals surface area contributed by atoms with Gasteiger partial charge in [-0.3, -0.25) is 0 Å². The van der Waals surface area contributed by atoms with Crippen molar-refractivity contribution in [3.05, 3.63) is 18.5 Å². The molecule has 1 N–H and O–H groups in total. The normalized spacial score (nSPS) is 20.4. The first-order chi connectivity index (χ1) is 10.3. The number of carbonyl (C=O) groups is 1. The summed E-state index contributed by atoms with van der Waals surface area (Å²) in [6, 6.07) is 2.09. The summed E-state index contributed by atoms with van der Waals surface area (Å²) in [6.45, 7) is 4.38. The maximum Gasteiger partial charge on any atom is 0.317 e. The molecule has 0 atom stereocenters. The lowest BCUT2D eigenvalue weighted by Gasteiger charge is -2.34. The molecule has 0 aliphatic carbocycles. The van der Waals surface area contributed by atoms with Crippen LogP contribution in [-0.2, 0) is 4.74 Å². The van der Waals surface area contributed by atoms with Gasteiger partial charge in [-0.05, 0) is 18.9 Å². The van der Waals surface area contributed by atoms with E-state index in [1.807, 2.05) is 11.0 Å². The van der Waals surface area contributed by atoms with E-state index in [2.05, 4.69) is 20.2 Å². The maximum absolute atomic E-state index is 12.1. The van der Waals surface area contributed by atoms with Crippen molar-refractivity contribution in [2.75, 3.05) is 44.3 Å². The van der Waals surface area contributed by atoms with Crippen molar-refractivity contribution in [1.82, 2.24) is 20.2 Å². The first kappa shape index (κ1) is 14.1. The molecular formula is C14H21N5O2. The molecule has 114 valence electrons. The van der Waals surface area contributed by atoms with E-state index in [0.717, 1.165) is 31.9 Å². The fourth-order valence-electron chi connectivity index (χ4n) is 2.71. The van der Waals surface area contributed by atoms with Crippen LogP contribution in [0.4, 0.5) is 10.7 Å². The molecule has 2 aliphatic heterocycles. The molecule has 0 spiro atoms. The number of hydrogen-bond donors (Lipinski definition) is 1. The van der Waals surface area contributed by atoms with Crippen LogP contribution < -0.4 is 10.2 Å². The highest BCUT2D eigenvalue weighted by Crippen LogP contribution is 2.15. The number of nitrogens with one attached hydrogen (secondary N) is 1. The third-order valence-corrected chi connectivity index (χ3v) is 3.96. The fraction of sp³-hybridized carbons (Fsp3) is 0.643. The lowest BCUT2D eigenvalue weighted by molar-refractivity contribution is 0.0523. The van der Waals surface area contributed by atoms with Crippen molar-refractivity contribution in [2.24, 2.45) is 0 Å². The van der Waals surface area contributed by atoms with Gasteiger partial charge in [0.2, 0.25) is 5.95 Å². The Balaban J connectivity index is 1.46. The summed E-state index contributed by atoms with van der Waals surface area (Å²) in [5.41, 5.74) is 0. The lowest BCUT2D eigenvalue weighted by Crippen LogP contribution is -2.52. The van der Waals surface area contributed by atoms with Gasteiger partial charge >= 0.3 is 6.03 Å². The Bertz CT molecular complexity index is 456. The second-order valence-corrected chi connectivity index (χ2v) is 5.36. The summed E-state index contributed by atoms with van der Waals surface area (Å²) >= 11 is 0. The van der Waals surface area contributed by atoms with E-state index in [9.17, 15) is 4.79 Å². The van der Waals surface area contributed by atoms with Crippen LogP contribution in [0.1, 0.15) is 12.8 Å². The molecule has 0 aromatic carbocycles. The molecule has 1 aromatic rings. The topological polar surface area (TPSA) is 70.6 Å². The zero-order chi connectivity index (χ0) is 14.5.